The summed E-state index contributed by atoms with van der Waals surface area (Å²) in [5.74, 6) is 0.536. The van der Waals surface area contributed by atoms with Crippen LogP contribution < -0.4 is 0 Å². The molecule has 0 amide bonds. The Bertz CT molecular complexity index is 423. The molecule has 0 aliphatic heterocycles. The number of pyridine rings is 1. The number of hydrogen-bond acceptors (Lipinski definition) is 3. The van der Waals surface area contributed by atoms with Crippen LogP contribution >= 0.6 is 11.8 Å². The average molecular weight is 324 g/mol. The highest BCUT2D eigenvalue weighted by Gasteiger charge is 2.31. The van der Waals surface area contributed by atoms with Gasteiger partial charge in [-0.05, 0) is 60.4 Å². The summed E-state index contributed by atoms with van der Waals surface area (Å²) in [6.07, 6.45) is 5.25. The van der Waals surface area contributed by atoms with Crippen molar-refractivity contribution in [1.29, 1.82) is 0 Å². The summed E-state index contributed by atoms with van der Waals surface area (Å²) >= 11 is 1.67. The molecule has 0 aliphatic carbocycles. The van der Waals surface area contributed by atoms with Gasteiger partial charge in [-0.15, -0.1) is 0 Å². The molecule has 0 radical (unpaired) electrons. The molecule has 4 heteroatoms. The molecule has 1 heterocycles. The number of thioether (sulfide) groups is 1. The first-order valence-electron chi connectivity index (χ1n) is 8.08. The van der Waals surface area contributed by atoms with Crippen molar-refractivity contribution in [3.8, 4) is 0 Å². The van der Waals surface area contributed by atoms with E-state index in [9.17, 15) is 0 Å². The average Bonchev–Trinajstić information content (AvgIpc) is 2.53. The standard InChI is InChI=1S/C17H29NOSSi/c1-6-15(5)14-17(19-21(7-2,8-3)9-4)20-16-12-10-11-13-18-16/h10-15H,6-9H2,1-5H3. The monoisotopic (exact) mass is 323 g/mol. The van der Waals surface area contributed by atoms with E-state index in [2.05, 4.69) is 45.7 Å². The van der Waals surface area contributed by atoms with Gasteiger partial charge in [0.2, 0.25) is 0 Å². The largest absolute Gasteiger partial charge is 0.539 e. The van der Waals surface area contributed by atoms with Crippen molar-refractivity contribution >= 4 is 20.1 Å². The molecule has 0 aromatic carbocycles. The Labute approximate surface area is 135 Å². The Morgan fingerprint density at radius 2 is 1.90 bits per heavy atom. The molecule has 0 saturated carbocycles. The van der Waals surface area contributed by atoms with Crippen LogP contribution in [-0.2, 0) is 4.43 Å². The molecule has 1 rings (SSSR count). The van der Waals surface area contributed by atoms with E-state index in [4.69, 9.17) is 4.43 Å². The van der Waals surface area contributed by atoms with Crippen molar-refractivity contribution in [2.24, 2.45) is 5.92 Å². The van der Waals surface area contributed by atoms with E-state index in [1.54, 1.807) is 11.8 Å². The lowest BCUT2D eigenvalue weighted by atomic mass is 10.1. The lowest BCUT2D eigenvalue weighted by Crippen LogP contribution is -2.35. The third kappa shape index (κ3) is 5.87. The fourth-order valence-electron chi connectivity index (χ4n) is 2.13. The molecule has 1 atom stereocenters. The van der Waals surface area contributed by atoms with Gasteiger partial charge in [-0.3, -0.25) is 0 Å². The minimum atomic E-state index is -1.63. The number of rotatable bonds is 9. The Hall–Kier alpha value is -0.743. The zero-order valence-electron chi connectivity index (χ0n) is 14.1. The highest BCUT2D eigenvalue weighted by molar-refractivity contribution is 8.02. The number of aromatic nitrogens is 1. The highest BCUT2D eigenvalue weighted by atomic mass is 32.2. The quantitative estimate of drug-likeness (QED) is 0.312. The van der Waals surface area contributed by atoms with E-state index in [1.165, 1.54) is 18.1 Å². The molecule has 0 fully saturated rings. The van der Waals surface area contributed by atoms with E-state index < -0.39 is 8.32 Å². The maximum absolute atomic E-state index is 6.59. The van der Waals surface area contributed by atoms with E-state index in [0.29, 0.717) is 5.92 Å². The van der Waals surface area contributed by atoms with Crippen LogP contribution in [0.2, 0.25) is 18.1 Å². The Morgan fingerprint density at radius 3 is 2.38 bits per heavy atom. The van der Waals surface area contributed by atoms with Gasteiger partial charge < -0.3 is 4.43 Å². The van der Waals surface area contributed by atoms with Gasteiger partial charge in [-0.25, -0.2) is 4.98 Å². The van der Waals surface area contributed by atoms with Crippen LogP contribution in [-0.4, -0.2) is 13.3 Å². The molecule has 0 spiro atoms. The first-order valence-corrected chi connectivity index (χ1v) is 11.4. The highest BCUT2D eigenvalue weighted by Crippen LogP contribution is 2.33. The van der Waals surface area contributed by atoms with Gasteiger partial charge >= 0.3 is 0 Å². The molecule has 0 N–H and O–H groups in total. The number of hydrogen-bond donors (Lipinski definition) is 0. The topological polar surface area (TPSA) is 22.1 Å². The predicted molar refractivity (Wildman–Crippen MR) is 95.9 cm³/mol. The smallest absolute Gasteiger partial charge is 0.251 e. The molecule has 0 aliphatic rings. The predicted octanol–water partition coefficient (Wildman–Crippen LogP) is 6.08. The van der Waals surface area contributed by atoms with Crippen molar-refractivity contribution in [2.45, 2.75) is 64.2 Å². The summed E-state index contributed by atoms with van der Waals surface area (Å²) in [6.45, 7) is 11.3. The molecular formula is C17H29NOSSi. The first-order chi connectivity index (χ1) is 10.1. The SMILES string of the molecule is CCC(C)C=C(O[Si](CC)(CC)CC)Sc1ccccn1. The molecular weight excluding hydrogens is 294 g/mol. The molecule has 0 saturated heterocycles. The lowest BCUT2D eigenvalue weighted by molar-refractivity contribution is 0.435. The van der Waals surface area contributed by atoms with Crippen molar-refractivity contribution in [3.05, 3.63) is 35.6 Å². The Morgan fingerprint density at radius 1 is 1.24 bits per heavy atom. The second-order valence-electron chi connectivity index (χ2n) is 5.49. The van der Waals surface area contributed by atoms with Gasteiger partial charge in [0.05, 0.1) is 0 Å². The Kier molecular flexibility index (Phi) is 8.12. The zero-order valence-corrected chi connectivity index (χ0v) is 15.9. The van der Waals surface area contributed by atoms with Gasteiger partial charge in [0, 0.05) is 6.20 Å². The van der Waals surface area contributed by atoms with Crippen molar-refractivity contribution in [3.63, 3.8) is 0 Å². The van der Waals surface area contributed by atoms with Crippen molar-refractivity contribution in [1.82, 2.24) is 4.98 Å². The summed E-state index contributed by atoms with van der Waals surface area (Å²) in [4.78, 5) is 4.42. The van der Waals surface area contributed by atoms with Crippen LogP contribution in [0.4, 0.5) is 0 Å². The van der Waals surface area contributed by atoms with Gasteiger partial charge in [0.15, 0.2) is 0 Å². The van der Waals surface area contributed by atoms with Gasteiger partial charge in [-0.2, -0.15) is 0 Å². The van der Waals surface area contributed by atoms with Crippen molar-refractivity contribution < 1.29 is 4.43 Å². The Balaban J connectivity index is 2.95. The molecule has 2 nitrogen and oxygen atoms in total. The molecule has 21 heavy (non-hydrogen) atoms. The maximum atomic E-state index is 6.59. The molecule has 1 aromatic rings. The fourth-order valence-corrected chi connectivity index (χ4v) is 6.02. The van der Waals surface area contributed by atoms with Crippen LogP contribution in [0.3, 0.4) is 0 Å². The van der Waals surface area contributed by atoms with E-state index >= 15 is 0 Å². The van der Waals surface area contributed by atoms with Crippen LogP contribution in [0.5, 0.6) is 0 Å². The van der Waals surface area contributed by atoms with E-state index in [-0.39, 0.29) is 0 Å². The van der Waals surface area contributed by atoms with Crippen LogP contribution in [0.25, 0.3) is 0 Å². The summed E-state index contributed by atoms with van der Waals surface area (Å²) in [5.41, 5.74) is 0. The minimum Gasteiger partial charge on any atom is -0.539 e. The third-order valence-electron chi connectivity index (χ3n) is 4.16. The molecule has 118 valence electrons. The molecule has 1 unspecified atom stereocenters. The van der Waals surface area contributed by atoms with E-state index in [1.807, 2.05) is 24.4 Å². The summed E-state index contributed by atoms with van der Waals surface area (Å²) < 4.78 is 6.59. The first kappa shape index (κ1) is 18.3. The lowest BCUT2D eigenvalue weighted by Gasteiger charge is -2.30. The van der Waals surface area contributed by atoms with Crippen LogP contribution in [0.1, 0.15) is 41.0 Å². The summed E-state index contributed by atoms with van der Waals surface area (Å²) in [6, 6.07) is 9.53. The van der Waals surface area contributed by atoms with Gasteiger partial charge in [0.25, 0.3) is 8.32 Å². The third-order valence-corrected chi connectivity index (χ3v) is 9.70. The minimum absolute atomic E-state index is 0.536. The molecule has 1 aromatic heterocycles. The van der Waals surface area contributed by atoms with Crippen LogP contribution in [0, 0.1) is 5.92 Å². The summed E-state index contributed by atoms with van der Waals surface area (Å²) in [5, 5.41) is 2.07. The van der Waals surface area contributed by atoms with E-state index in [0.717, 1.165) is 16.5 Å². The maximum Gasteiger partial charge on any atom is 0.251 e. The normalized spacial score (nSPS) is 14.0. The van der Waals surface area contributed by atoms with Gasteiger partial charge in [0.1, 0.15) is 10.1 Å². The number of nitrogens with zero attached hydrogens (tertiary/aromatic N) is 1. The summed E-state index contributed by atoms with van der Waals surface area (Å²) in [7, 11) is -1.63. The van der Waals surface area contributed by atoms with Crippen molar-refractivity contribution in [2.75, 3.05) is 0 Å². The second kappa shape index (κ2) is 9.31. The zero-order chi connectivity index (χ0) is 15.7. The number of allylic oxidation sites excluding steroid dienone is 1. The molecule has 0 bridgehead atoms. The van der Waals surface area contributed by atoms with Crippen LogP contribution in [0.15, 0.2) is 40.6 Å². The second-order valence-corrected chi connectivity index (χ2v) is 11.2. The van der Waals surface area contributed by atoms with Gasteiger partial charge in [-0.1, -0.05) is 40.7 Å². The fraction of sp³-hybridized carbons (Fsp3) is 0.588.